The Labute approximate surface area is 312 Å². The SMILES string of the molecule is C=C.C=C.C=C(/C=C(\C)NCC)CCC.CC.CCCCN(CC)c1ccc(N=Nc2ccc(C#N)cc2)c(Cc2ccc(C)c(NCC)c2)c1. The first-order chi connectivity index (χ1) is 24.8. The summed E-state index contributed by atoms with van der Waals surface area (Å²) < 4.78 is 0. The van der Waals surface area contributed by atoms with Gasteiger partial charge in [-0.25, -0.2) is 0 Å². The Morgan fingerprint density at radius 2 is 1.53 bits per heavy atom. The van der Waals surface area contributed by atoms with Gasteiger partial charge in [-0.1, -0.05) is 64.8 Å². The molecule has 0 aliphatic rings. The summed E-state index contributed by atoms with van der Waals surface area (Å²) in [4.78, 5) is 2.42. The highest BCUT2D eigenvalue weighted by Gasteiger charge is 2.11. The Kier molecular flexibility index (Phi) is 29.4. The van der Waals surface area contributed by atoms with Crippen LogP contribution in [0, 0.1) is 18.3 Å². The van der Waals surface area contributed by atoms with Crippen LogP contribution in [0.3, 0.4) is 0 Å². The number of benzene rings is 3. The number of azo groups is 1. The van der Waals surface area contributed by atoms with Gasteiger partial charge in [0.05, 0.1) is 23.0 Å². The highest BCUT2D eigenvalue weighted by molar-refractivity contribution is 5.60. The van der Waals surface area contributed by atoms with Crippen molar-refractivity contribution in [3.05, 3.63) is 133 Å². The molecule has 3 aromatic carbocycles. The maximum atomic E-state index is 9.02. The first kappa shape index (κ1) is 48.2. The van der Waals surface area contributed by atoms with Crippen LogP contribution in [0.2, 0.25) is 0 Å². The van der Waals surface area contributed by atoms with Gasteiger partial charge in [-0.2, -0.15) is 15.5 Å². The van der Waals surface area contributed by atoms with Crippen molar-refractivity contribution in [1.29, 1.82) is 5.26 Å². The molecule has 51 heavy (non-hydrogen) atoms. The van der Waals surface area contributed by atoms with Crippen molar-refractivity contribution in [1.82, 2.24) is 5.32 Å². The summed E-state index contributed by atoms with van der Waals surface area (Å²) in [6.07, 6.45) is 7.52. The lowest BCUT2D eigenvalue weighted by molar-refractivity contribution is 0.732. The normalized spacial score (nSPS) is 10.0. The smallest absolute Gasteiger partial charge is 0.0991 e. The lowest BCUT2D eigenvalue weighted by atomic mass is 10.00. The number of allylic oxidation sites excluding steroid dienone is 3. The molecule has 0 atom stereocenters. The Balaban J connectivity index is 0. The molecule has 0 unspecified atom stereocenters. The summed E-state index contributed by atoms with van der Waals surface area (Å²) in [5.41, 5.74) is 10.7. The van der Waals surface area contributed by atoms with E-state index in [0.29, 0.717) is 5.56 Å². The van der Waals surface area contributed by atoms with E-state index in [1.165, 1.54) is 53.0 Å². The van der Waals surface area contributed by atoms with E-state index in [9.17, 15) is 0 Å². The standard InChI is InChI=1S/C29H35N5.C10H19N.C2H6.2C2H4/c1-5-8-17-34(7-3)27-15-16-28(33-32-26-13-11-23(21-30)12-14-26)25(20-27)18-24-10-9-22(4)29(19-24)31-6-2;1-5-7-9(3)8-10(4)11-6-2;3*1-2/h9-16,19-20,31H,5-8,17-18H2,1-4H3;8,11H,3,5-7H2,1-2,4H3;1-2H3;2*1-2H2/b;10-8+;;;. The fourth-order valence-electron chi connectivity index (χ4n) is 4.95. The molecule has 3 aromatic rings. The van der Waals surface area contributed by atoms with E-state index >= 15 is 0 Å². The van der Waals surface area contributed by atoms with Gasteiger partial charge in [0.25, 0.3) is 0 Å². The van der Waals surface area contributed by atoms with Gasteiger partial charge >= 0.3 is 0 Å². The molecule has 0 aliphatic heterocycles. The van der Waals surface area contributed by atoms with Gasteiger partial charge in [0, 0.05) is 43.3 Å². The summed E-state index contributed by atoms with van der Waals surface area (Å²) >= 11 is 0. The van der Waals surface area contributed by atoms with Crippen molar-refractivity contribution in [2.75, 3.05) is 36.4 Å². The van der Waals surface area contributed by atoms with E-state index in [2.05, 4.69) is 156 Å². The number of unbranched alkanes of at least 4 members (excludes halogenated alkanes) is 1. The number of aryl methyl sites for hydroxylation is 1. The molecule has 2 N–H and O–H groups in total. The van der Waals surface area contributed by atoms with E-state index in [0.717, 1.165) is 56.0 Å². The zero-order valence-electron chi connectivity index (χ0n) is 33.5. The topological polar surface area (TPSA) is 75.8 Å². The van der Waals surface area contributed by atoms with Crippen molar-refractivity contribution in [3.63, 3.8) is 0 Å². The highest BCUT2D eigenvalue weighted by Crippen LogP contribution is 2.30. The number of nitriles is 1. The molecular weight excluding hydrogens is 625 g/mol. The molecule has 0 fully saturated rings. The van der Waals surface area contributed by atoms with Gasteiger partial charge in [0.2, 0.25) is 0 Å². The van der Waals surface area contributed by atoms with Gasteiger partial charge in [-0.05, 0) is 125 Å². The van der Waals surface area contributed by atoms with E-state index in [1.807, 2.05) is 26.0 Å². The lowest BCUT2D eigenvalue weighted by Crippen LogP contribution is -2.23. The number of nitrogens with one attached hydrogen (secondary N) is 2. The summed E-state index contributed by atoms with van der Waals surface area (Å²) in [6, 6.07) is 22.4. The molecule has 6 nitrogen and oxygen atoms in total. The van der Waals surface area contributed by atoms with Gasteiger partial charge in [-0.3, -0.25) is 0 Å². The van der Waals surface area contributed by atoms with Crippen molar-refractivity contribution in [2.45, 2.75) is 94.4 Å². The number of anilines is 2. The molecule has 6 heteroatoms. The van der Waals surface area contributed by atoms with Crippen LogP contribution in [0.4, 0.5) is 22.7 Å². The second kappa shape index (κ2) is 31.1. The van der Waals surface area contributed by atoms with Crippen LogP contribution in [0.25, 0.3) is 0 Å². The summed E-state index contributed by atoms with van der Waals surface area (Å²) in [6.45, 7) is 38.9. The maximum absolute atomic E-state index is 9.02. The molecular formula is C45H68N6. The highest BCUT2D eigenvalue weighted by atomic mass is 15.1. The molecule has 0 saturated heterocycles. The number of nitrogens with zero attached hydrogens (tertiary/aromatic N) is 4. The summed E-state index contributed by atoms with van der Waals surface area (Å²) in [7, 11) is 0. The molecule has 0 aromatic heterocycles. The number of hydrogen-bond acceptors (Lipinski definition) is 6. The van der Waals surface area contributed by atoms with Crippen molar-refractivity contribution in [3.8, 4) is 6.07 Å². The first-order valence-electron chi connectivity index (χ1n) is 18.5. The second-order valence-corrected chi connectivity index (χ2v) is 11.2. The average Bonchev–Trinajstić information content (AvgIpc) is 3.16. The van der Waals surface area contributed by atoms with E-state index in [1.54, 1.807) is 12.1 Å². The predicted octanol–water partition coefficient (Wildman–Crippen LogP) is 13.4. The Hall–Kier alpha value is -4.89. The van der Waals surface area contributed by atoms with Crippen LogP contribution in [0.15, 0.2) is 121 Å². The molecule has 0 radical (unpaired) electrons. The summed E-state index contributed by atoms with van der Waals surface area (Å²) in [5, 5.41) is 24.8. The van der Waals surface area contributed by atoms with Gasteiger partial charge in [0.15, 0.2) is 0 Å². The van der Waals surface area contributed by atoms with Crippen LogP contribution in [-0.2, 0) is 6.42 Å². The minimum absolute atomic E-state index is 0.617. The van der Waals surface area contributed by atoms with Gasteiger partial charge < -0.3 is 15.5 Å². The fraction of sp³-hybridized carbons (Fsp3) is 0.400. The predicted molar refractivity (Wildman–Crippen MR) is 228 cm³/mol. The molecule has 0 aliphatic carbocycles. The Morgan fingerprint density at radius 3 is 2.08 bits per heavy atom. The molecule has 0 saturated carbocycles. The van der Waals surface area contributed by atoms with Crippen molar-refractivity contribution >= 4 is 22.7 Å². The minimum atomic E-state index is 0.617. The summed E-state index contributed by atoms with van der Waals surface area (Å²) in [5.74, 6) is 0. The minimum Gasteiger partial charge on any atom is -0.389 e. The number of rotatable bonds is 16. The van der Waals surface area contributed by atoms with Crippen LogP contribution < -0.4 is 15.5 Å². The molecule has 0 spiro atoms. The zero-order chi connectivity index (χ0) is 39.0. The van der Waals surface area contributed by atoms with E-state index in [-0.39, 0.29) is 0 Å². The lowest BCUT2D eigenvalue weighted by Gasteiger charge is -2.24. The van der Waals surface area contributed by atoms with Crippen LogP contribution in [0.5, 0.6) is 0 Å². The number of hydrogen-bond donors (Lipinski definition) is 2. The van der Waals surface area contributed by atoms with Crippen molar-refractivity contribution < 1.29 is 0 Å². The van der Waals surface area contributed by atoms with Crippen molar-refractivity contribution in [2.24, 2.45) is 10.2 Å². The third kappa shape index (κ3) is 19.8. The average molecular weight is 693 g/mol. The van der Waals surface area contributed by atoms with E-state index in [4.69, 9.17) is 5.26 Å². The van der Waals surface area contributed by atoms with Crippen LogP contribution in [0.1, 0.15) is 103 Å². The van der Waals surface area contributed by atoms with Crippen LogP contribution in [-0.4, -0.2) is 26.2 Å². The maximum Gasteiger partial charge on any atom is 0.0991 e. The fourth-order valence-corrected chi connectivity index (χ4v) is 4.95. The first-order valence-corrected chi connectivity index (χ1v) is 18.5. The Bertz CT molecular complexity index is 1460. The monoisotopic (exact) mass is 693 g/mol. The van der Waals surface area contributed by atoms with E-state index < -0.39 is 0 Å². The molecule has 0 heterocycles. The van der Waals surface area contributed by atoms with Gasteiger partial charge in [-0.15, -0.1) is 26.3 Å². The molecule has 0 bridgehead atoms. The Morgan fingerprint density at radius 1 is 0.863 bits per heavy atom. The second-order valence-electron chi connectivity index (χ2n) is 11.2. The largest absolute Gasteiger partial charge is 0.389 e. The zero-order valence-corrected chi connectivity index (χ0v) is 33.5. The quantitative estimate of drug-likeness (QED) is 0.0890. The van der Waals surface area contributed by atoms with Gasteiger partial charge in [0.1, 0.15) is 0 Å². The third-order valence-corrected chi connectivity index (χ3v) is 7.37. The van der Waals surface area contributed by atoms with Crippen LogP contribution >= 0.6 is 0 Å². The molecule has 3 rings (SSSR count). The third-order valence-electron chi connectivity index (χ3n) is 7.37. The molecule has 278 valence electrons. The molecule has 0 amide bonds.